The topological polar surface area (TPSA) is 26.0 Å². The van der Waals surface area contributed by atoms with Gasteiger partial charge in [0.15, 0.2) is 0 Å². The van der Waals surface area contributed by atoms with E-state index in [9.17, 15) is 0 Å². The maximum absolute atomic E-state index is 4.50. The maximum atomic E-state index is 4.50. The van der Waals surface area contributed by atoms with Crippen LogP contribution in [0.25, 0.3) is 6.08 Å². The molecule has 0 aliphatic rings. The summed E-state index contributed by atoms with van der Waals surface area (Å²) in [4.78, 5) is 0. The van der Waals surface area contributed by atoms with Crippen LogP contribution in [0.5, 0.6) is 0 Å². The molecule has 1 aromatic rings. The van der Waals surface area contributed by atoms with E-state index in [1.165, 1.54) is 37.4 Å². The van der Waals surface area contributed by atoms with Crippen molar-refractivity contribution >= 4 is 6.08 Å². The smallest absolute Gasteiger partial charge is 0.0190 e. The average molecular weight is 249 g/mol. The lowest BCUT2D eigenvalue weighted by Gasteiger charge is -2.10. The predicted molar refractivity (Wildman–Crippen MR) is 85.9 cm³/mol. The summed E-state index contributed by atoms with van der Waals surface area (Å²) in [7, 11) is 1.50. The van der Waals surface area contributed by atoms with Gasteiger partial charge in [0.25, 0.3) is 0 Å². The fraction of sp³-hybridized carbons (Fsp3) is 0.529. The molecule has 0 amide bonds. The van der Waals surface area contributed by atoms with Gasteiger partial charge in [0.2, 0.25) is 0 Å². The third-order valence-electron chi connectivity index (χ3n) is 2.46. The zero-order chi connectivity index (χ0) is 14.4. The molecule has 1 nitrogen and oxygen atoms in total. The highest BCUT2D eigenvalue weighted by atomic mass is 14.4. The molecule has 1 heteroatoms. The first-order chi connectivity index (χ1) is 8.69. The zero-order valence-corrected chi connectivity index (χ0v) is 12.9. The second kappa shape index (κ2) is 14.0. The third-order valence-corrected chi connectivity index (χ3v) is 2.46. The summed E-state index contributed by atoms with van der Waals surface area (Å²) in [5.74, 6) is 0.684. The Hall–Kier alpha value is -1.08. The van der Waals surface area contributed by atoms with E-state index in [-0.39, 0.29) is 0 Å². The lowest BCUT2D eigenvalue weighted by Crippen LogP contribution is -1.92. The molecule has 18 heavy (non-hydrogen) atoms. The van der Waals surface area contributed by atoms with Gasteiger partial charge in [0.05, 0.1) is 0 Å². The summed E-state index contributed by atoms with van der Waals surface area (Å²) < 4.78 is 0. The molecular formula is C17H31N. The Balaban J connectivity index is 0. The molecule has 1 unspecified atom stereocenters. The van der Waals surface area contributed by atoms with Gasteiger partial charge in [0.1, 0.15) is 0 Å². The molecule has 0 spiro atoms. The van der Waals surface area contributed by atoms with Gasteiger partial charge in [-0.05, 0) is 30.5 Å². The van der Waals surface area contributed by atoms with Crippen LogP contribution >= 0.6 is 0 Å². The molecule has 0 aliphatic carbocycles. The first kappa shape index (κ1) is 19.3. The van der Waals surface area contributed by atoms with Crippen molar-refractivity contribution in [1.29, 1.82) is 0 Å². The molecule has 0 radical (unpaired) electrons. The van der Waals surface area contributed by atoms with Gasteiger partial charge in [-0.2, -0.15) is 0 Å². The van der Waals surface area contributed by atoms with Gasteiger partial charge in [-0.1, -0.05) is 77.5 Å². The first-order valence-electron chi connectivity index (χ1n) is 6.99. The number of rotatable bonds is 4. The number of hydrogen-bond donors (Lipinski definition) is 1. The Bertz CT molecular complexity index is 274. The number of benzene rings is 1. The second-order valence-corrected chi connectivity index (χ2v) is 4.27. The Kier molecular flexibility index (Phi) is 15.0. The van der Waals surface area contributed by atoms with Gasteiger partial charge >= 0.3 is 0 Å². The average Bonchev–Trinajstić information content (AvgIpc) is 2.42. The fourth-order valence-corrected chi connectivity index (χ4v) is 1.56. The van der Waals surface area contributed by atoms with Crippen LogP contribution in [0.2, 0.25) is 0 Å². The standard InChI is InChI=1S/C13H18.C3H8.CH5N/c1-4-6-11(3)13-9-7-12(5-2)8-10-13;1-3-2;1-2/h5,7-11H,2,4,6H2,1,3H3;3H2,1-2H3;2H2,1H3. The molecule has 0 aliphatic heterocycles. The van der Waals surface area contributed by atoms with Crippen molar-refractivity contribution in [2.24, 2.45) is 5.73 Å². The van der Waals surface area contributed by atoms with Gasteiger partial charge in [-0.25, -0.2) is 0 Å². The minimum Gasteiger partial charge on any atom is -0.333 e. The summed E-state index contributed by atoms with van der Waals surface area (Å²) in [6.07, 6.45) is 5.66. The minimum absolute atomic E-state index is 0.684. The molecule has 1 aromatic carbocycles. The van der Waals surface area contributed by atoms with Crippen LogP contribution in [0.4, 0.5) is 0 Å². The van der Waals surface area contributed by atoms with E-state index < -0.39 is 0 Å². The van der Waals surface area contributed by atoms with Crippen molar-refractivity contribution in [1.82, 2.24) is 0 Å². The Labute approximate surface area is 114 Å². The van der Waals surface area contributed by atoms with E-state index in [0.717, 1.165) is 0 Å². The van der Waals surface area contributed by atoms with Crippen LogP contribution in [0.15, 0.2) is 30.8 Å². The molecule has 2 N–H and O–H groups in total. The monoisotopic (exact) mass is 249 g/mol. The SMILES string of the molecule is C=Cc1ccc(C(C)CCC)cc1.CCC.CN. The van der Waals surface area contributed by atoms with Crippen LogP contribution < -0.4 is 5.73 Å². The summed E-state index contributed by atoms with van der Waals surface area (Å²) in [6.45, 7) is 12.5. The molecule has 1 rings (SSSR count). The number of nitrogens with two attached hydrogens (primary N) is 1. The highest BCUT2D eigenvalue weighted by molar-refractivity contribution is 5.47. The predicted octanol–water partition coefficient (Wildman–Crippen LogP) is 5.22. The van der Waals surface area contributed by atoms with E-state index >= 15 is 0 Å². The van der Waals surface area contributed by atoms with Crippen LogP contribution in [0.3, 0.4) is 0 Å². The first-order valence-corrected chi connectivity index (χ1v) is 6.99. The van der Waals surface area contributed by atoms with E-state index in [4.69, 9.17) is 0 Å². The molecule has 0 bridgehead atoms. The van der Waals surface area contributed by atoms with Crippen LogP contribution in [0.1, 0.15) is 64.0 Å². The van der Waals surface area contributed by atoms with Crippen molar-refractivity contribution in [2.45, 2.75) is 52.9 Å². The summed E-state index contributed by atoms with van der Waals surface area (Å²) in [5.41, 5.74) is 7.14. The van der Waals surface area contributed by atoms with Gasteiger partial charge in [-0.15, -0.1) is 0 Å². The van der Waals surface area contributed by atoms with Crippen LogP contribution in [0, 0.1) is 0 Å². The largest absolute Gasteiger partial charge is 0.333 e. The van der Waals surface area contributed by atoms with Gasteiger partial charge in [0, 0.05) is 0 Å². The van der Waals surface area contributed by atoms with E-state index in [1.54, 1.807) is 0 Å². The lowest BCUT2D eigenvalue weighted by molar-refractivity contribution is 0.665. The van der Waals surface area contributed by atoms with Gasteiger partial charge in [-0.3, -0.25) is 0 Å². The summed E-state index contributed by atoms with van der Waals surface area (Å²) >= 11 is 0. The van der Waals surface area contributed by atoms with Crippen LogP contribution in [-0.4, -0.2) is 7.05 Å². The highest BCUT2D eigenvalue weighted by Crippen LogP contribution is 2.20. The molecule has 1 atom stereocenters. The Morgan fingerprint density at radius 2 is 1.56 bits per heavy atom. The van der Waals surface area contributed by atoms with Crippen molar-refractivity contribution < 1.29 is 0 Å². The maximum Gasteiger partial charge on any atom is -0.0190 e. The molecule has 104 valence electrons. The van der Waals surface area contributed by atoms with Gasteiger partial charge < -0.3 is 5.73 Å². The Morgan fingerprint density at radius 1 is 1.11 bits per heavy atom. The van der Waals surface area contributed by atoms with E-state index in [1.807, 2.05) is 6.08 Å². The van der Waals surface area contributed by atoms with Crippen molar-refractivity contribution in [3.8, 4) is 0 Å². The molecule has 0 aromatic heterocycles. The van der Waals surface area contributed by atoms with E-state index in [2.05, 4.69) is 64.3 Å². The lowest BCUT2D eigenvalue weighted by atomic mass is 9.96. The molecule has 0 saturated heterocycles. The van der Waals surface area contributed by atoms with Crippen molar-refractivity contribution in [3.63, 3.8) is 0 Å². The van der Waals surface area contributed by atoms with Crippen molar-refractivity contribution in [3.05, 3.63) is 42.0 Å². The normalized spacial score (nSPS) is 10.3. The van der Waals surface area contributed by atoms with E-state index in [0.29, 0.717) is 5.92 Å². The minimum atomic E-state index is 0.684. The molecule has 0 saturated carbocycles. The van der Waals surface area contributed by atoms with Crippen molar-refractivity contribution in [2.75, 3.05) is 7.05 Å². The Morgan fingerprint density at radius 3 is 1.89 bits per heavy atom. The quantitative estimate of drug-likeness (QED) is 0.777. The molecule has 0 fully saturated rings. The number of hydrogen-bond acceptors (Lipinski definition) is 1. The molecular weight excluding hydrogens is 218 g/mol. The highest BCUT2D eigenvalue weighted by Gasteiger charge is 2.02. The summed E-state index contributed by atoms with van der Waals surface area (Å²) in [6, 6.07) is 8.68. The zero-order valence-electron chi connectivity index (χ0n) is 12.9. The summed E-state index contributed by atoms with van der Waals surface area (Å²) in [5, 5.41) is 0. The van der Waals surface area contributed by atoms with Crippen LogP contribution in [-0.2, 0) is 0 Å². The fourth-order valence-electron chi connectivity index (χ4n) is 1.56. The molecule has 0 heterocycles. The second-order valence-electron chi connectivity index (χ2n) is 4.27. The third kappa shape index (κ3) is 9.00.